The van der Waals surface area contributed by atoms with E-state index >= 15 is 0 Å². The van der Waals surface area contributed by atoms with Gasteiger partial charge in [0.2, 0.25) is 0 Å². The van der Waals surface area contributed by atoms with Crippen LogP contribution >= 0.6 is 34.8 Å². The van der Waals surface area contributed by atoms with Crippen LogP contribution in [0.4, 0.5) is 0 Å². The lowest BCUT2D eigenvalue weighted by Crippen LogP contribution is -1.95. The lowest BCUT2D eigenvalue weighted by Gasteiger charge is -2.11. The smallest absolute Gasteiger partial charge is 0.0782 e. The summed E-state index contributed by atoms with van der Waals surface area (Å²) in [6.07, 6.45) is 1.88. The molecular weight excluding hydrogens is 325 g/mol. The van der Waals surface area contributed by atoms with Gasteiger partial charge in [-0.15, -0.1) is 0 Å². The van der Waals surface area contributed by atoms with E-state index in [1.807, 2.05) is 19.2 Å². The van der Waals surface area contributed by atoms with Crippen LogP contribution in [0.15, 0.2) is 35.3 Å². The van der Waals surface area contributed by atoms with Crippen LogP contribution < -0.4 is 0 Å². The Morgan fingerprint density at radius 2 is 1.71 bits per heavy atom. The zero-order valence-electron chi connectivity index (χ0n) is 12.1. The van der Waals surface area contributed by atoms with Crippen LogP contribution in [-0.4, -0.2) is 6.21 Å². The summed E-state index contributed by atoms with van der Waals surface area (Å²) in [5, 5.41) is 1.30. The van der Waals surface area contributed by atoms with Gasteiger partial charge in [-0.2, -0.15) is 0 Å². The molecule has 1 nitrogen and oxygen atoms in total. The standard InChI is InChI=1S/C17H16Cl3N/c1-10-4-5-11(2)13(8-10)9-21-12(3)14-6-7-15(18)17(20)16(14)19/h4-9,12H,1-3H3/b21-9-. The van der Waals surface area contributed by atoms with Gasteiger partial charge in [0.25, 0.3) is 0 Å². The molecule has 0 heterocycles. The van der Waals surface area contributed by atoms with Gasteiger partial charge in [-0.25, -0.2) is 0 Å². The van der Waals surface area contributed by atoms with Crippen molar-refractivity contribution in [2.24, 2.45) is 4.99 Å². The number of aliphatic imine (C=N–C) groups is 1. The summed E-state index contributed by atoms with van der Waals surface area (Å²) in [4.78, 5) is 4.59. The Kier molecular flexibility index (Phi) is 5.32. The van der Waals surface area contributed by atoms with Gasteiger partial charge in [0.05, 0.1) is 21.1 Å². The van der Waals surface area contributed by atoms with Crippen molar-refractivity contribution in [1.29, 1.82) is 0 Å². The lowest BCUT2D eigenvalue weighted by molar-refractivity contribution is 0.825. The van der Waals surface area contributed by atoms with E-state index in [0.717, 1.165) is 11.1 Å². The molecule has 2 aromatic carbocycles. The van der Waals surface area contributed by atoms with Crippen molar-refractivity contribution in [3.05, 3.63) is 67.7 Å². The number of aryl methyl sites for hydroxylation is 2. The molecule has 4 heteroatoms. The molecule has 0 bridgehead atoms. The van der Waals surface area contributed by atoms with E-state index in [1.165, 1.54) is 11.1 Å². The van der Waals surface area contributed by atoms with E-state index in [4.69, 9.17) is 34.8 Å². The molecule has 0 saturated carbocycles. The molecule has 0 aromatic heterocycles. The third kappa shape index (κ3) is 3.79. The third-order valence-electron chi connectivity index (χ3n) is 3.39. The molecule has 0 aliphatic rings. The second kappa shape index (κ2) is 6.83. The van der Waals surface area contributed by atoms with E-state index in [9.17, 15) is 0 Å². The molecule has 0 saturated heterocycles. The van der Waals surface area contributed by atoms with Crippen molar-refractivity contribution in [3.8, 4) is 0 Å². The number of rotatable bonds is 3. The van der Waals surface area contributed by atoms with Gasteiger partial charge in [0.15, 0.2) is 0 Å². The average molecular weight is 341 g/mol. The van der Waals surface area contributed by atoms with Gasteiger partial charge in [-0.3, -0.25) is 4.99 Å². The summed E-state index contributed by atoms with van der Waals surface area (Å²) in [5.74, 6) is 0. The summed E-state index contributed by atoms with van der Waals surface area (Å²) in [6, 6.07) is 9.81. The Morgan fingerprint density at radius 3 is 2.43 bits per heavy atom. The van der Waals surface area contributed by atoms with Crippen LogP contribution in [0.3, 0.4) is 0 Å². The van der Waals surface area contributed by atoms with Crippen molar-refractivity contribution in [2.45, 2.75) is 26.8 Å². The molecule has 0 aliphatic carbocycles. The number of halogens is 3. The monoisotopic (exact) mass is 339 g/mol. The summed E-state index contributed by atoms with van der Waals surface area (Å²) in [7, 11) is 0. The average Bonchev–Trinajstić information content (AvgIpc) is 2.45. The largest absolute Gasteiger partial charge is 0.285 e. The van der Waals surface area contributed by atoms with Crippen LogP contribution in [0, 0.1) is 13.8 Å². The molecule has 0 fully saturated rings. The first-order valence-electron chi connectivity index (χ1n) is 6.64. The van der Waals surface area contributed by atoms with Crippen LogP contribution in [0.25, 0.3) is 0 Å². The van der Waals surface area contributed by atoms with Gasteiger partial charge >= 0.3 is 0 Å². The number of hydrogen-bond acceptors (Lipinski definition) is 1. The van der Waals surface area contributed by atoms with Gasteiger partial charge in [-0.05, 0) is 43.5 Å². The van der Waals surface area contributed by atoms with Crippen molar-refractivity contribution < 1.29 is 0 Å². The topological polar surface area (TPSA) is 12.4 Å². The quantitative estimate of drug-likeness (QED) is 0.450. The molecule has 110 valence electrons. The van der Waals surface area contributed by atoms with E-state index in [-0.39, 0.29) is 6.04 Å². The van der Waals surface area contributed by atoms with Crippen LogP contribution in [0.2, 0.25) is 15.1 Å². The molecule has 2 aromatic rings. The highest BCUT2D eigenvalue weighted by Crippen LogP contribution is 2.36. The Hall–Kier alpha value is -1.02. The normalized spacial score (nSPS) is 12.9. The molecule has 0 radical (unpaired) electrons. The van der Waals surface area contributed by atoms with Crippen LogP contribution in [0.1, 0.15) is 35.2 Å². The first-order valence-corrected chi connectivity index (χ1v) is 7.77. The Morgan fingerprint density at radius 1 is 1.00 bits per heavy atom. The Bertz CT molecular complexity index is 693. The fourth-order valence-electron chi connectivity index (χ4n) is 2.03. The third-order valence-corrected chi connectivity index (χ3v) is 4.70. The zero-order valence-corrected chi connectivity index (χ0v) is 14.4. The second-order valence-corrected chi connectivity index (χ2v) is 6.24. The number of hydrogen-bond donors (Lipinski definition) is 0. The molecule has 0 aliphatic heterocycles. The molecule has 0 N–H and O–H groups in total. The van der Waals surface area contributed by atoms with Crippen LogP contribution in [0.5, 0.6) is 0 Å². The SMILES string of the molecule is Cc1ccc(C)c(/C=N\C(C)c2ccc(Cl)c(Cl)c2Cl)c1. The molecule has 2 rings (SSSR count). The lowest BCUT2D eigenvalue weighted by atomic mass is 10.1. The van der Waals surface area contributed by atoms with Crippen LogP contribution in [-0.2, 0) is 0 Å². The van der Waals surface area contributed by atoms with E-state index in [1.54, 1.807) is 6.07 Å². The summed E-state index contributed by atoms with van der Waals surface area (Å²) in [5.41, 5.74) is 4.38. The maximum Gasteiger partial charge on any atom is 0.0782 e. The van der Waals surface area contributed by atoms with Crippen molar-refractivity contribution in [3.63, 3.8) is 0 Å². The van der Waals surface area contributed by atoms with Gasteiger partial charge in [0.1, 0.15) is 0 Å². The molecule has 0 amide bonds. The first kappa shape index (κ1) is 16.4. The molecule has 1 atom stereocenters. The maximum atomic E-state index is 6.24. The fraction of sp³-hybridized carbons (Fsp3) is 0.235. The zero-order chi connectivity index (χ0) is 15.6. The second-order valence-electron chi connectivity index (χ2n) is 5.08. The van der Waals surface area contributed by atoms with Crippen molar-refractivity contribution >= 4 is 41.0 Å². The van der Waals surface area contributed by atoms with E-state index < -0.39 is 0 Å². The predicted molar refractivity (Wildman–Crippen MR) is 93.4 cm³/mol. The molecular formula is C17H16Cl3N. The van der Waals surface area contributed by atoms with Gasteiger partial charge < -0.3 is 0 Å². The minimum Gasteiger partial charge on any atom is -0.285 e. The first-order chi connectivity index (χ1) is 9.90. The van der Waals surface area contributed by atoms with E-state index in [2.05, 4.69) is 37.0 Å². The summed E-state index contributed by atoms with van der Waals surface area (Å²) in [6.45, 7) is 6.11. The highest BCUT2D eigenvalue weighted by molar-refractivity contribution is 6.48. The number of benzene rings is 2. The Balaban J connectivity index is 2.29. The molecule has 0 spiro atoms. The number of nitrogens with zero attached hydrogens (tertiary/aromatic N) is 1. The molecule has 21 heavy (non-hydrogen) atoms. The summed E-state index contributed by atoms with van der Waals surface area (Å²) >= 11 is 18.3. The highest BCUT2D eigenvalue weighted by atomic mass is 35.5. The maximum absolute atomic E-state index is 6.24. The van der Waals surface area contributed by atoms with Gasteiger partial charge in [0, 0.05) is 6.21 Å². The predicted octanol–water partition coefficient (Wildman–Crippen LogP) is 6.44. The van der Waals surface area contributed by atoms with Crippen molar-refractivity contribution in [2.75, 3.05) is 0 Å². The van der Waals surface area contributed by atoms with E-state index in [0.29, 0.717) is 15.1 Å². The minimum absolute atomic E-state index is 0.0906. The van der Waals surface area contributed by atoms with Crippen molar-refractivity contribution in [1.82, 2.24) is 0 Å². The van der Waals surface area contributed by atoms with Gasteiger partial charge in [-0.1, -0.05) is 64.6 Å². The fourth-order valence-corrected chi connectivity index (χ4v) is 2.74. The summed E-state index contributed by atoms with van der Waals surface area (Å²) < 4.78 is 0. The Labute approximate surface area is 140 Å². The minimum atomic E-state index is -0.0906. The highest BCUT2D eigenvalue weighted by Gasteiger charge is 2.13. The molecule has 1 unspecified atom stereocenters.